The van der Waals surface area contributed by atoms with Gasteiger partial charge in [0.25, 0.3) is 0 Å². The van der Waals surface area contributed by atoms with Crippen molar-refractivity contribution in [3.63, 3.8) is 0 Å². The zero-order valence-electron chi connectivity index (χ0n) is 19.8. The Morgan fingerprint density at radius 3 is 1.91 bits per heavy atom. The van der Waals surface area contributed by atoms with E-state index in [1.54, 1.807) is 5.46 Å². The van der Waals surface area contributed by atoms with E-state index in [1.165, 1.54) is 50.0 Å². The van der Waals surface area contributed by atoms with Crippen molar-refractivity contribution in [1.82, 2.24) is 0 Å². The van der Waals surface area contributed by atoms with Crippen molar-refractivity contribution < 1.29 is 0 Å². The van der Waals surface area contributed by atoms with Gasteiger partial charge in [-0.05, 0) is 59.7 Å². The van der Waals surface area contributed by atoms with Crippen LogP contribution in [0, 0.1) is 0 Å². The van der Waals surface area contributed by atoms with E-state index < -0.39 is 0 Å². The molecule has 0 bridgehead atoms. The fraction of sp³-hybridized carbons (Fsp3) is 0.125. The highest BCUT2D eigenvalue weighted by atomic mass is 15.1. The molecule has 0 aliphatic carbocycles. The highest BCUT2D eigenvalue weighted by Gasteiger charge is 2.30. The van der Waals surface area contributed by atoms with Gasteiger partial charge in [-0.25, -0.2) is 0 Å². The normalized spacial score (nSPS) is 12.4. The van der Waals surface area contributed by atoms with Gasteiger partial charge in [-0.1, -0.05) is 109 Å². The Morgan fingerprint density at radius 2 is 1.26 bits per heavy atom. The maximum absolute atomic E-state index is 2.45. The molecular weight excluding hydrogens is 409 g/mol. The van der Waals surface area contributed by atoms with Crippen LogP contribution in [0.25, 0.3) is 10.8 Å². The van der Waals surface area contributed by atoms with E-state index in [-0.39, 0.29) is 0 Å². The Bertz CT molecular complexity index is 1430. The van der Waals surface area contributed by atoms with Crippen molar-refractivity contribution in [3.8, 4) is 0 Å². The van der Waals surface area contributed by atoms with Gasteiger partial charge in [0.1, 0.15) is 0 Å². The third-order valence-electron chi connectivity index (χ3n) is 7.33. The molecule has 1 heterocycles. The van der Waals surface area contributed by atoms with Crippen molar-refractivity contribution in [3.05, 3.63) is 126 Å². The monoisotopic (exact) mass is 437 g/mol. The van der Waals surface area contributed by atoms with E-state index in [0.29, 0.717) is 6.71 Å². The van der Waals surface area contributed by atoms with Gasteiger partial charge in [0.2, 0.25) is 6.71 Å². The van der Waals surface area contributed by atoms with Crippen molar-refractivity contribution in [1.29, 1.82) is 0 Å². The van der Waals surface area contributed by atoms with Crippen LogP contribution in [0.1, 0.15) is 23.6 Å². The lowest BCUT2D eigenvalue weighted by atomic mass is 9.37. The van der Waals surface area contributed by atoms with Gasteiger partial charge >= 0.3 is 0 Å². The smallest absolute Gasteiger partial charge is 0.208 e. The lowest BCUT2D eigenvalue weighted by Gasteiger charge is -2.32. The van der Waals surface area contributed by atoms with Crippen molar-refractivity contribution in [2.24, 2.45) is 0 Å². The lowest BCUT2D eigenvalue weighted by molar-refractivity contribution is 1.12. The molecule has 1 aliphatic rings. The van der Waals surface area contributed by atoms with E-state index in [1.807, 2.05) is 0 Å². The minimum Gasteiger partial charge on any atom is -0.310 e. The predicted octanol–water partition coefficient (Wildman–Crippen LogP) is 7.02. The van der Waals surface area contributed by atoms with Gasteiger partial charge < -0.3 is 4.90 Å². The molecule has 6 rings (SSSR count). The molecule has 0 saturated heterocycles. The number of aryl methyl sites for hydroxylation is 1. The predicted molar refractivity (Wildman–Crippen MR) is 148 cm³/mol. The Labute approximate surface area is 202 Å². The van der Waals surface area contributed by atoms with E-state index in [2.05, 4.69) is 128 Å². The van der Waals surface area contributed by atoms with Gasteiger partial charge in [-0.3, -0.25) is 0 Å². The van der Waals surface area contributed by atoms with Crippen LogP contribution in [-0.4, -0.2) is 6.71 Å². The highest BCUT2D eigenvalue weighted by molar-refractivity contribution is 6.87. The number of hydrogen-bond acceptors (Lipinski definition) is 1. The SMILES string of the molecule is CCc1cccc2c1B(C)c1c(cc(N(c3ccccc3)c3ccccc3)c3ccccc13)C2. The first-order valence-electron chi connectivity index (χ1n) is 12.3. The average Bonchev–Trinajstić information content (AvgIpc) is 2.89. The molecule has 0 saturated carbocycles. The van der Waals surface area contributed by atoms with Crippen LogP contribution >= 0.6 is 0 Å². The number of para-hydroxylation sites is 2. The fourth-order valence-corrected chi connectivity index (χ4v) is 5.89. The zero-order chi connectivity index (χ0) is 23.1. The summed E-state index contributed by atoms with van der Waals surface area (Å²) in [5.41, 5.74) is 11.0. The number of anilines is 3. The molecule has 0 radical (unpaired) electrons. The number of benzene rings is 5. The number of nitrogens with zero attached hydrogens (tertiary/aromatic N) is 1. The van der Waals surface area contributed by atoms with E-state index >= 15 is 0 Å². The van der Waals surface area contributed by atoms with Crippen LogP contribution in [-0.2, 0) is 12.8 Å². The number of rotatable bonds is 4. The Balaban J connectivity index is 1.64. The summed E-state index contributed by atoms with van der Waals surface area (Å²) in [4.78, 5) is 2.41. The molecule has 5 aromatic carbocycles. The average molecular weight is 437 g/mol. The second kappa shape index (κ2) is 8.54. The molecular formula is C32H28BN. The van der Waals surface area contributed by atoms with Crippen LogP contribution in [0.2, 0.25) is 6.82 Å². The largest absolute Gasteiger partial charge is 0.310 e. The molecule has 0 fully saturated rings. The first-order valence-corrected chi connectivity index (χ1v) is 12.3. The van der Waals surface area contributed by atoms with Gasteiger partial charge in [-0.2, -0.15) is 0 Å². The van der Waals surface area contributed by atoms with Gasteiger partial charge in [0.15, 0.2) is 0 Å². The van der Waals surface area contributed by atoms with Crippen molar-refractivity contribution >= 4 is 45.5 Å². The minimum atomic E-state index is 0.385. The second-order valence-corrected chi connectivity index (χ2v) is 9.26. The summed E-state index contributed by atoms with van der Waals surface area (Å²) in [6, 6.07) is 39.8. The lowest BCUT2D eigenvalue weighted by Crippen LogP contribution is -2.48. The molecule has 164 valence electrons. The van der Waals surface area contributed by atoms with E-state index in [0.717, 1.165) is 12.8 Å². The van der Waals surface area contributed by atoms with Crippen LogP contribution < -0.4 is 15.8 Å². The van der Waals surface area contributed by atoms with Crippen molar-refractivity contribution in [2.45, 2.75) is 26.6 Å². The Kier molecular flexibility index (Phi) is 5.22. The first-order chi connectivity index (χ1) is 16.8. The molecule has 34 heavy (non-hydrogen) atoms. The number of fused-ring (bicyclic) bond motifs is 4. The molecule has 2 heteroatoms. The molecule has 0 atom stereocenters. The summed E-state index contributed by atoms with van der Waals surface area (Å²) in [6.07, 6.45) is 2.06. The quantitative estimate of drug-likeness (QED) is 0.273. The van der Waals surface area contributed by atoms with E-state index in [4.69, 9.17) is 0 Å². The third-order valence-corrected chi connectivity index (χ3v) is 7.33. The summed E-state index contributed by atoms with van der Waals surface area (Å²) in [6.45, 7) is 5.06. The maximum Gasteiger partial charge on any atom is 0.208 e. The fourth-order valence-electron chi connectivity index (χ4n) is 5.89. The Morgan fingerprint density at radius 1 is 0.647 bits per heavy atom. The molecule has 0 amide bonds. The zero-order valence-corrected chi connectivity index (χ0v) is 19.8. The van der Waals surface area contributed by atoms with Crippen LogP contribution in [0.5, 0.6) is 0 Å². The van der Waals surface area contributed by atoms with Gasteiger partial charge in [-0.15, -0.1) is 0 Å². The topological polar surface area (TPSA) is 3.24 Å². The molecule has 1 nitrogen and oxygen atoms in total. The molecule has 0 unspecified atom stereocenters. The summed E-state index contributed by atoms with van der Waals surface area (Å²) in [5, 5.41) is 2.68. The molecule has 1 aliphatic heterocycles. The van der Waals surface area contributed by atoms with Gasteiger partial charge in [0.05, 0.1) is 5.69 Å². The van der Waals surface area contributed by atoms with Crippen LogP contribution in [0.4, 0.5) is 17.1 Å². The molecule has 0 spiro atoms. The maximum atomic E-state index is 2.45. The first kappa shape index (κ1) is 20.8. The van der Waals surface area contributed by atoms with Crippen LogP contribution in [0.15, 0.2) is 109 Å². The summed E-state index contributed by atoms with van der Waals surface area (Å²) < 4.78 is 0. The second-order valence-electron chi connectivity index (χ2n) is 9.26. The van der Waals surface area contributed by atoms with Crippen molar-refractivity contribution in [2.75, 3.05) is 4.90 Å². The van der Waals surface area contributed by atoms with Crippen LogP contribution in [0.3, 0.4) is 0 Å². The standard InChI is InChI=1S/C32H28BN/c1-3-23-13-12-14-24-21-25-22-30(28-19-10-11-20-29(28)32(25)33(2)31(23)24)34(26-15-6-4-7-16-26)27-17-8-5-9-18-27/h4-20,22H,3,21H2,1-2H3. The van der Waals surface area contributed by atoms with E-state index in [9.17, 15) is 0 Å². The third kappa shape index (κ3) is 3.33. The van der Waals surface area contributed by atoms with Gasteiger partial charge in [0, 0.05) is 16.8 Å². The summed E-state index contributed by atoms with van der Waals surface area (Å²) >= 11 is 0. The number of hydrogen-bond donors (Lipinski definition) is 0. The highest BCUT2D eigenvalue weighted by Crippen LogP contribution is 2.39. The molecule has 0 N–H and O–H groups in total. The Hall–Kier alpha value is -3.78. The minimum absolute atomic E-state index is 0.385. The summed E-state index contributed by atoms with van der Waals surface area (Å²) in [7, 11) is 0. The molecule has 5 aromatic rings. The summed E-state index contributed by atoms with van der Waals surface area (Å²) in [5.74, 6) is 0. The molecule has 0 aromatic heterocycles.